The van der Waals surface area contributed by atoms with Crippen molar-refractivity contribution in [3.63, 3.8) is 0 Å². The van der Waals surface area contributed by atoms with Crippen LogP contribution in [0.15, 0.2) is 23.5 Å². The molecule has 1 N–H and O–H groups in total. The zero-order chi connectivity index (χ0) is 20.8. The Hall–Kier alpha value is -2.59. The minimum Gasteiger partial charge on any atom is -0.351 e. The van der Waals surface area contributed by atoms with Gasteiger partial charge in [0, 0.05) is 45.6 Å². The summed E-state index contributed by atoms with van der Waals surface area (Å²) in [6.07, 6.45) is 9.09. The van der Waals surface area contributed by atoms with Crippen molar-refractivity contribution in [3.8, 4) is 11.4 Å². The Morgan fingerprint density at radius 3 is 2.67 bits per heavy atom. The van der Waals surface area contributed by atoms with E-state index in [9.17, 15) is 4.21 Å². The average molecular weight is 427 g/mol. The van der Waals surface area contributed by atoms with E-state index in [1.807, 2.05) is 37.7 Å². The quantitative estimate of drug-likeness (QED) is 0.681. The van der Waals surface area contributed by atoms with Gasteiger partial charge in [0.15, 0.2) is 0 Å². The number of aromatic nitrogens is 6. The minimum absolute atomic E-state index is 0.265. The number of aryl methyl sites for hydroxylation is 4. The number of hydrogen-bond acceptors (Lipinski definition) is 6. The summed E-state index contributed by atoms with van der Waals surface area (Å²) in [6.45, 7) is 3.55. The second kappa shape index (κ2) is 7.59. The van der Waals surface area contributed by atoms with E-state index in [1.165, 1.54) is 5.56 Å². The Morgan fingerprint density at radius 1 is 1.13 bits per heavy atom. The molecule has 5 rings (SSSR count). The van der Waals surface area contributed by atoms with Gasteiger partial charge in [-0.05, 0) is 38.2 Å². The van der Waals surface area contributed by atoms with E-state index in [-0.39, 0.29) is 6.04 Å². The van der Waals surface area contributed by atoms with Crippen molar-refractivity contribution in [2.75, 3.05) is 18.4 Å². The van der Waals surface area contributed by atoms with Crippen molar-refractivity contribution in [1.82, 2.24) is 33.6 Å². The lowest BCUT2D eigenvalue weighted by Crippen LogP contribution is -2.40. The van der Waals surface area contributed by atoms with Gasteiger partial charge >= 0.3 is 0 Å². The molecular formula is C20H26N8OS. The first-order chi connectivity index (χ1) is 14.5. The molecule has 1 aliphatic heterocycles. The van der Waals surface area contributed by atoms with Crippen LogP contribution < -0.4 is 5.32 Å². The first-order valence-corrected chi connectivity index (χ1v) is 11.4. The van der Waals surface area contributed by atoms with E-state index in [2.05, 4.69) is 25.0 Å². The summed E-state index contributed by atoms with van der Waals surface area (Å²) in [4.78, 5) is 14.9. The number of rotatable bonds is 4. The van der Waals surface area contributed by atoms with E-state index < -0.39 is 11.0 Å². The molecule has 4 heterocycles. The van der Waals surface area contributed by atoms with E-state index in [1.54, 1.807) is 10.9 Å². The lowest BCUT2D eigenvalue weighted by Gasteiger charge is -2.31. The fourth-order valence-electron chi connectivity index (χ4n) is 4.25. The van der Waals surface area contributed by atoms with E-state index in [4.69, 9.17) is 4.98 Å². The van der Waals surface area contributed by atoms with Crippen molar-refractivity contribution in [3.05, 3.63) is 35.7 Å². The van der Waals surface area contributed by atoms with Crippen LogP contribution in [0.3, 0.4) is 0 Å². The molecule has 0 radical (unpaired) electrons. The fraction of sp³-hybridized carbons (Fsp3) is 0.500. The van der Waals surface area contributed by atoms with Crippen LogP contribution in [0.1, 0.15) is 29.9 Å². The molecule has 3 aromatic rings. The van der Waals surface area contributed by atoms with Gasteiger partial charge in [-0.2, -0.15) is 5.10 Å². The van der Waals surface area contributed by atoms with Crippen LogP contribution in [0.5, 0.6) is 0 Å². The summed E-state index contributed by atoms with van der Waals surface area (Å²) in [5.74, 6) is 1.67. The van der Waals surface area contributed by atoms with Crippen LogP contribution in [0.2, 0.25) is 0 Å². The molecule has 0 amide bonds. The second-order valence-corrected chi connectivity index (χ2v) is 9.51. The molecule has 9 nitrogen and oxygen atoms in total. The second-order valence-electron chi connectivity index (χ2n) is 8.03. The molecule has 10 heteroatoms. The monoisotopic (exact) mass is 426 g/mol. The lowest BCUT2D eigenvalue weighted by molar-refractivity contribution is 0.345. The van der Waals surface area contributed by atoms with Crippen LogP contribution in [-0.2, 0) is 37.9 Å². The zero-order valence-electron chi connectivity index (χ0n) is 17.5. The molecule has 1 fully saturated rings. The van der Waals surface area contributed by atoms with E-state index in [0.717, 1.165) is 66.6 Å². The Kier molecular flexibility index (Phi) is 4.90. The van der Waals surface area contributed by atoms with Gasteiger partial charge in [-0.3, -0.25) is 4.68 Å². The molecule has 1 aliphatic carbocycles. The van der Waals surface area contributed by atoms with Gasteiger partial charge < -0.3 is 9.88 Å². The first-order valence-electron chi connectivity index (χ1n) is 10.3. The minimum atomic E-state index is -1.16. The number of nitrogens with zero attached hydrogens (tertiary/aromatic N) is 7. The number of piperidine rings is 1. The van der Waals surface area contributed by atoms with Gasteiger partial charge in [-0.25, -0.2) is 23.5 Å². The molecule has 0 saturated carbocycles. The summed E-state index contributed by atoms with van der Waals surface area (Å²) in [5, 5.41) is 7.62. The molecule has 0 spiro atoms. The molecule has 30 heavy (non-hydrogen) atoms. The van der Waals surface area contributed by atoms with E-state index >= 15 is 0 Å². The average Bonchev–Trinajstić information content (AvgIpc) is 3.31. The van der Waals surface area contributed by atoms with Crippen LogP contribution in [0.4, 0.5) is 5.95 Å². The Labute approximate surface area is 178 Å². The predicted octanol–water partition coefficient (Wildman–Crippen LogP) is 1.62. The van der Waals surface area contributed by atoms with E-state index in [0.29, 0.717) is 5.95 Å². The van der Waals surface area contributed by atoms with Crippen LogP contribution in [-0.4, -0.2) is 56.9 Å². The summed E-state index contributed by atoms with van der Waals surface area (Å²) in [5.41, 5.74) is 4.41. The van der Waals surface area contributed by atoms with Gasteiger partial charge in [0.2, 0.25) is 5.95 Å². The standard InChI is InChI=1S/C20H26N8OS/c1-13-23-17-5-4-14-10-21-20(25-18(14)19(17)27(13)3)24-15-6-8-28(9-7-15)30(29)16-11-22-26(2)12-16/h10-12,15H,4-9H2,1-3H3,(H,21,24,25). The Balaban J connectivity index is 1.27. The molecule has 1 unspecified atom stereocenters. The largest absolute Gasteiger partial charge is 0.351 e. The normalized spacial score (nSPS) is 18.1. The molecule has 1 saturated heterocycles. The molecule has 3 aromatic heterocycles. The number of anilines is 1. The van der Waals surface area contributed by atoms with Crippen LogP contribution in [0, 0.1) is 6.92 Å². The van der Waals surface area contributed by atoms with Gasteiger partial charge in [0.05, 0.1) is 28.2 Å². The molecule has 158 valence electrons. The van der Waals surface area contributed by atoms with Crippen molar-refractivity contribution in [2.24, 2.45) is 14.1 Å². The highest BCUT2D eigenvalue weighted by Crippen LogP contribution is 2.32. The summed E-state index contributed by atoms with van der Waals surface area (Å²) in [7, 11) is 2.73. The van der Waals surface area contributed by atoms with Gasteiger partial charge in [0.1, 0.15) is 16.8 Å². The van der Waals surface area contributed by atoms with Crippen molar-refractivity contribution < 1.29 is 4.21 Å². The highest BCUT2D eigenvalue weighted by atomic mass is 32.2. The smallest absolute Gasteiger partial charge is 0.223 e. The topological polar surface area (TPSA) is 93.8 Å². The SMILES string of the molecule is Cc1nc2c(n1C)-c1nc(NC3CCN(S(=O)c4cnn(C)c4)CC3)ncc1CC2. The first kappa shape index (κ1) is 19.4. The van der Waals surface area contributed by atoms with Crippen molar-refractivity contribution in [2.45, 2.75) is 43.5 Å². The van der Waals surface area contributed by atoms with Gasteiger partial charge in [0.25, 0.3) is 0 Å². The predicted molar refractivity (Wildman–Crippen MR) is 114 cm³/mol. The third-order valence-corrected chi connectivity index (χ3v) is 7.46. The number of nitrogens with one attached hydrogen (secondary N) is 1. The maximum Gasteiger partial charge on any atom is 0.223 e. The van der Waals surface area contributed by atoms with Gasteiger partial charge in [-0.1, -0.05) is 0 Å². The molecule has 0 aromatic carbocycles. The highest BCUT2D eigenvalue weighted by Gasteiger charge is 2.27. The maximum atomic E-state index is 12.7. The van der Waals surface area contributed by atoms with Crippen molar-refractivity contribution >= 4 is 16.9 Å². The number of imidazole rings is 1. The Bertz CT molecular complexity index is 1110. The van der Waals surface area contributed by atoms with Crippen LogP contribution >= 0.6 is 0 Å². The maximum absolute atomic E-state index is 12.7. The Morgan fingerprint density at radius 2 is 1.93 bits per heavy atom. The summed E-state index contributed by atoms with van der Waals surface area (Å²) in [6, 6.07) is 0.265. The molecule has 2 aliphatic rings. The molecule has 0 bridgehead atoms. The van der Waals surface area contributed by atoms with Crippen LogP contribution in [0.25, 0.3) is 11.4 Å². The third-order valence-electron chi connectivity index (χ3n) is 6.02. The van der Waals surface area contributed by atoms with Crippen molar-refractivity contribution in [1.29, 1.82) is 0 Å². The summed E-state index contributed by atoms with van der Waals surface area (Å²) >= 11 is 0. The molecular weight excluding hydrogens is 400 g/mol. The molecule has 1 atom stereocenters. The fourth-order valence-corrected chi connectivity index (χ4v) is 5.47. The number of hydrogen-bond donors (Lipinski definition) is 1. The van der Waals surface area contributed by atoms with Gasteiger partial charge in [-0.15, -0.1) is 0 Å². The lowest BCUT2D eigenvalue weighted by atomic mass is 9.98. The summed E-state index contributed by atoms with van der Waals surface area (Å²) < 4.78 is 18.5. The zero-order valence-corrected chi connectivity index (χ0v) is 18.3. The highest BCUT2D eigenvalue weighted by molar-refractivity contribution is 7.82. The number of fused-ring (bicyclic) bond motifs is 3. The third kappa shape index (κ3) is 3.43.